The third-order valence-electron chi connectivity index (χ3n) is 4.03. The molecule has 0 aliphatic carbocycles. The van der Waals surface area contributed by atoms with Crippen molar-refractivity contribution in [3.8, 4) is 5.75 Å². The van der Waals surface area contributed by atoms with Crippen molar-refractivity contribution < 1.29 is 19.1 Å². The molecule has 3 rings (SSSR count). The molecule has 2 aromatic carbocycles. The predicted molar refractivity (Wildman–Crippen MR) is 104 cm³/mol. The minimum absolute atomic E-state index is 0.163. The van der Waals surface area contributed by atoms with Crippen LogP contribution in [0.25, 0.3) is 11.0 Å². The maximum Gasteiger partial charge on any atom is 0.326 e. The summed E-state index contributed by atoms with van der Waals surface area (Å²) in [5.41, 5.74) is 0.695. The molecule has 1 N–H and O–H groups in total. The summed E-state index contributed by atoms with van der Waals surface area (Å²) in [4.78, 5) is 41.5. The van der Waals surface area contributed by atoms with E-state index in [1.807, 2.05) is 0 Å². The predicted octanol–water partition coefficient (Wildman–Crippen LogP) is 2.22. The molecule has 0 saturated heterocycles. The number of amides is 1. The molecular formula is C20H19N3O5. The van der Waals surface area contributed by atoms with Gasteiger partial charge in [-0.05, 0) is 43.3 Å². The Bertz CT molecular complexity index is 1070. The summed E-state index contributed by atoms with van der Waals surface area (Å²) < 4.78 is 11.2. The van der Waals surface area contributed by atoms with Crippen LogP contribution in [0.3, 0.4) is 0 Å². The molecule has 1 amide bonds. The molecular weight excluding hydrogens is 362 g/mol. The van der Waals surface area contributed by atoms with Crippen LogP contribution >= 0.6 is 0 Å². The molecule has 0 saturated carbocycles. The average Bonchev–Trinajstić information content (AvgIpc) is 2.71. The Hall–Kier alpha value is -3.68. The molecule has 28 heavy (non-hydrogen) atoms. The molecule has 0 spiro atoms. The lowest BCUT2D eigenvalue weighted by atomic mass is 10.2. The molecule has 1 aromatic heterocycles. The highest BCUT2D eigenvalue weighted by atomic mass is 16.5. The molecule has 8 heteroatoms. The number of benzene rings is 2. The summed E-state index contributed by atoms with van der Waals surface area (Å²) in [6.07, 6.45) is 0. The van der Waals surface area contributed by atoms with Crippen LogP contribution in [0.4, 0.5) is 5.82 Å². The summed E-state index contributed by atoms with van der Waals surface area (Å²) in [5.74, 6) is -0.598. The molecule has 8 nitrogen and oxygen atoms in total. The largest absolute Gasteiger partial charge is 0.497 e. The van der Waals surface area contributed by atoms with E-state index < -0.39 is 17.4 Å². The van der Waals surface area contributed by atoms with Gasteiger partial charge < -0.3 is 14.8 Å². The van der Waals surface area contributed by atoms with Crippen molar-refractivity contribution in [2.45, 2.75) is 13.5 Å². The van der Waals surface area contributed by atoms with Gasteiger partial charge in [0.2, 0.25) is 0 Å². The fourth-order valence-electron chi connectivity index (χ4n) is 2.69. The Balaban J connectivity index is 1.98. The van der Waals surface area contributed by atoms with Crippen LogP contribution in [-0.2, 0) is 16.1 Å². The zero-order chi connectivity index (χ0) is 20.1. The van der Waals surface area contributed by atoms with Crippen molar-refractivity contribution in [1.29, 1.82) is 0 Å². The number of ether oxygens (including phenoxy) is 2. The second kappa shape index (κ2) is 8.34. The van der Waals surface area contributed by atoms with Gasteiger partial charge in [-0.15, -0.1) is 0 Å². The smallest absolute Gasteiger partial charge is 0.326 e. The van der Waals surface area contributed by atoms with Crippen molar-refractivity contribution >= 4 is 28.7 Å². The zero-order valence-electron chi connectivity index (χ0n) is 15.5. The van der Waals surface area contributed by atoms with Gasteiger partial charge >= 0.3 is 5.97 Å². The van der Waals surface area contributed by atoms with Crippen molar-refractivity contribution in [3.63, 3.8) is 0 Å². The first-order valence-corrected chi connectivity index (χ1v) is 8.64. The number of fused-ring (bicyclic) bond motifs is 1. The lowest BCUT2D eigenvalue weighted by Crippen LogP contribution is -2.30. The third kappa shape index (κ3) is 4.01. The topological polar surface area (TPSA) is 99.5 Å². The highest BCUT2D eigenvalue weighted by Crippen LogP contribution is 2.15. The summed E-state index contributed by atoms with van der Waals surface area (Å²) in [6.45, 7) is 1.62. The highest BCUT2D eigenvalue weighted by Gasteiger charge is 2.16. The SMILES string of the molecule is CCOC(=O)Cn1c(=O)c(NC(=O)c2ccc(OC)cc2)nc2ccccc21. The number of carbonyl (C=O) groups is 2. The Kier molecular flexibility index (Phi) is 5.69. The molecule has 0 aliphatic rings. The van der Waals surface area contributed by atoms with Gasteiger partial charge in [0.05, 0.1) is 24.8 Å². The number of nitrogens with one attached hydrogen (secondary N) is 1. The number of methoxy groups -OCH3 is 1. The molecule has 0 fully saturated rings. The van der Waals surface area contributed by atoms with E-state index in [1.54, 1.807) is 55.5 Å². The van der Waals surface area contributed by atoms with E-state index in [0.717, 1.165) is 0 Å². The number of esters is 1. The van der Waals surface area contributed by atoms with Gasteiger partial charge in [0.25, 0.3) is 11.5 Å². The first-order valence-electron chi connectivity index (χ1n) is 8.64. The van der Waals surface area contributed by atoms with Crippen LogP contribution in [0.15, 0.2) is 53.3 Å². The fraction of sp³-hybridized carbons (Fsp3) is 0.200. The van der Waals surface area contributed by atoms with Gasteiger partial charge in [0.15, 0.2) is 5.82 Å². The van der Waals surface area contributed by atoms with Crippen molar-refractivity contribution in [2.24, 2.45) is 0 Å². The molecule has 0 aliphatic heterocycles. The quantitative estimate of drug-likeness (QED) is 0.657. The number of aromatic nitrogens is 2. The Labute approximate surface area is 160 Å². The van der Waals surface area contributed by atoms with Crippen LogP contribution in [0, 0.1) is 0 Å². The lowest BCUT2D eigenvalue weighted by molar-refractivity contribution is -0.143. The van der Waals surface area contributed by atoms with E-state index in [2.05, 4.69) is 10.3 Å². The van der Waals surface area contributed by atoms with Gasteiger partial charge in [-0.2, -0.15) is 0 Å². The van der Waals surface area contributed by atoms with E-state index in [-0.39, 0.29) is 19.0 Å². The fourth-order valence-corrected chi connectivity index (χ4v) is 2.69. The number of hydrogen-bond donors (Lipinski definition) is 1. The lowest BCUT2D eigenvalue weighted by Gasteiger charge is -2.12. The number of para-hydroxylation sites is 2. The second-order valence-corrected chi connectivity index (χ2v) is 5.83. The minimum Gasteiger partial charge on any atom is -0.497 e. The maximum absolute atomic E-state index is 12.8. The molecule has 144 valence electrons. The van der Waals surface area contributed by atoms with Crippen LogP contribution in [0.1, 0.15) is 17.3 Å². The number of rotatable bonds is 6. The van der Waals surface area contributed by atoms with Gasteiger partial charge in [0.1, 0.15) is 12.3 Å². The highest BCUT2D eigenvalue weighted by molar-refractivity contribution is 6.04. The van der Waals surface area contributed by atoms with Crippen LogP contribution in [-0.4, -0.2) is 35.1 Å². The van der Waals surface area contributed by atoms with Crippen LogP contribution in [0.5, 0.6) is 5.75 Å². The number of carbonyl (C=O) groups excluding carboxylic acids is 2. The zero-order valence-corrected chi connectivity index (χ0v) is 15.5. The summed E-state index contributed by atoms with van der Waals surface area (Å²) in [6, 6.07) is 13.3. The molecule has 0 bridgehead atoms. The van der Waals surface area contributed by atoms with Gasteiger partial charge in [-0.3, -0.25) is 19.0 Å². The van der Waals surface area contributed by atoms with E-state index in [1.165, 1.54) is 11.7 Å². The second-order valence-electron chi connectivity index (χ2n) is 5.83. The Morgan fingerprint density at radius 3 is 2.50 bits per heavy atom. The third-order valence-corrected chi connectivity index (χ3v) is 4.03. The number of anilines is 1. The Morgan fingerprint density at radius 1 is 1.11 bits per heavy atom. The van der Waals surface area contributed by atoms with Crippen molar-refractivity contribution in [1.82, 2.24) is 9.55 Å². The van der Waals surface area contributed by atoms with Gasteiger partial charge in [-0.1, -0.05) is 12.1 Å². The first-order chi connectivity index (χ1) is 13.5. The van der Waals surface area contributed by atoms with E-state index in [9.17, 15) is 14.4 Å². The van der Waals surface area contributed by atoms with Crippen LogP contribution in [0.2, 0.25) is 0 Å². The molecule has 0 unspecified atom stereocenters. The summed E-state index contributed by atoms with van der Waals surface area (Å²) in [5, 5.41) is 2.53. The Morgan fingerprint density at radius 2 is 1.82 bits per heavy atom. The monoisotopic (exact) mass is 381 g/mol. The van der Waals surface area contributed by atoms with E-state index in [4.69, 9.17) is 9.47 Å². The standard InChI is InChI=1S/C20H19N3O5/c1-3-28-17(24)12-23-16-7-5-4-6-15(16)21-18(20(23)26)22-19(25)13-8-10-14(27-2)11-9-13/h4-11H,3,12H2,1-2H3,(H,21,22,25). The average molecular weight is 381 g/mol. The van der Waals surface area contributed by atoms with Crippen molar-refractivity contribution in [2.75, 3.05) is 19.0 Å². The number of nitrogens with zero attached hydrogens (tertiary/aromatic N) is 2. The summed E-state index contributed by atoms with van der Waals surface area (Å²) >= 11 is 0. The van der Waals surface area contributed by atoms with Gasteiger partial charge in [0, 0.05) is 5.56 Å². The van der Waals surface area contributed by atoms with Crippen molar-refractivity contribution in [3.05, 3.63) is 64.4 Å². The van der Waals surface area contributed by atoms with E-state index in [0.29, 0.717) is 22.3 Å². The number of hydrogen-bond acceptors (Lipinski definition) is 6. The molecule has 1 heterocycles. The summed E-state index contributed by atoms with van der Waals surface area (Å²) in [7, 11) is 1.53. The molecule has 3 aromatic rings. The van der Waals surface area contributed by atoms with E-state index >= 15 is 0 Å². The first kappa shape index (κ1) is 19.1. The van der Waals surface area contributed by atoms with Crippen LogP contribution < -0.4 is 15.6 Å². The minimum atomic E-state index is -0.589. The molecule has 0 atom stereocenters. The normalized spacial score (nSPS) is 10.5. The molecule has 0 radical (unpaired) electrons. The maximum atomic E-state index is 12.8. The van der Waals surface area contributed by atoms with Gasteiger partial charge in [-0.25, -0.2) is 4.98 Å².